The van der Waals surface area contributed by atoms with E-state index in [2.05, 4.69) is 10.0 Å². The molecule has 2 fully saturated rings. The van der Waals surface area contributed by atoms with Crippen LogP contribution < -0.4 is 0 Å². The van der Waals surface area contributed by atoms with Crippen molar-refractivity contribution in [1.82, 2.24) is 0 Å². The number of hydrogen-bond acceptors (Lipinski definition) is 5. The topological polar surface area (TPSA) is 85.7 Å². The van der Waals surface area contributed by atoms with Crippen molar-refractivity contribution in [2.45, 2.75) is 30.6 Å². The van der Waals surface area contributed by atoms with Crippen molar-refractivity contribution in [3.05, 3.63) is 10.4 Å². The molecule has 2 aliphatic rings. The van der Waals surface area contributed by atoms with Gasteiger partial charge in [-0.25, -0.2) is 0 Å². The number of nitrogens with zero attached hydrogens (tertiary/aromatic N) is 3. The van der Waals surface area contributed by atoms with Crippen molar-refractivity contribution >= 4 is 0 Å². The van der Waals surface area contributed by atoms with Gasteiger partial charge in [0.15, 0.2) is 6.29 Å². The van der Waals surface area contributed by atoms with Crippen molar-refractivity contribution in [2.24, 2.45) is 5.11 Å². The third kappa shape index (κ3) is 1.68. The molecule has 0 aromatic heterocycles. The van der Waals surface area contributed by atoms with E-state index in [-0.39, 0.29) is 18.3 Å². The summed E-state index contributed by atoms with van der Waals surface area (Å²) < 4.78 is 21.4. The summed E-state index contributed by atoms with van der Waals surface area (Å²) in [4.78, 5) is 2.77. The average molecular weight is 215 g/mol. The van der Waals surface area contributed by atoms with Gasteiger partial charge in [-0.2, -0.15) is 0 Å². The van der Waals surface area contributed by atoms with Crippen molar-refractivity contribution in [3.8, 4) is 0 Å². The number of methoxy groups -OCH3 is 2. The van der Waals surface area contributed by atoms with Gasteiger partial charge in [0.05, 0.1) is 12.7 Å². The van der Waals surface area contributed by atoms with Gasteiger partial charge >= 0.3 is 0 Å². The molecule has 2 saturated heterocycles. The first-order valence-electron chi connectivity index (χ1n) is 4.68. The highest BCUT2D eigenvalue weighted by atomic mass is 16.7. The minimum Gasteiger partial charge on any atom is -0.378 e. The summed E-state index contributed by atoms with van der Waals surface area (Å²) >= 11 is 0. The van der Waals surface area contributed by atoms with Crippen molar-refractivity contribution < 1.29 is 18.9 Å². The zero-order valence-corrected chi connectivity index (χ0v) is 8.57. The normalized spacial score (nSPS) is 43.7. The summed E-state index contributed by atoms with van der Waals surface area (Å²) in [5.74, 6) is 0. The average Bonchev–Trinajstić information content (AvgIpc) is 2.67. The Labute approximate surface area is 86.9 Å². The SMILES string of the molecule is COC1C(N=[N+]=[N-])[C@@H]2OCC(O2)[C@H]1OC. The van der Waals surface area contributed by atoms with Gasteiger partial charge in [0.25, 0.3) is 0 Å². The van der Waals surface area contributed by atoms with Crippen LogP contribution in [0.4, 0.5) is 0 Å². The standard InChI is InChI=1S/C8H13N3O4/c1-12-6-4-3-14-8(15-4)5(10-11-9)7(6)13-2/h4-8H,3H2,1-2H3/t4?,5?,6-,7?,8-/m1/s1. The fourth-order valence-electron chi connectivity index (χ4n) is 2.09. The van der Waals surface area contributed by atoms with Crippen LogP contribution in [0, 0.1) is 0 Å². The maximum Gasteiger partial charge on any atom is 0.169 e. The lowest BCUT2D eigenvalue weighted by atomic mass is 9.99. The predicted molar refractivity (Wildman–Crippen MR) is 49.1 cm³/mol. The fraction of sp³-hybridized carbons (Fsp3) is 1.00. The third-order valence-electron chi connectivity index (χ3n) is 2.77. The molecule has 0 radical (unpaired) electrons. The van der Waals surface area contributed by atoms with Crippen molar-refractivity contribution in [3.63, 3.8) is 0 Å². The number of rotatable bonds is 3. The molecule has 0 aromatic carbocycles. The summed E-state index contributed by atoms with van der Waals surface area (Å²) in [6.07, 6.45) is -1.24. The summed E-state index contributed by atoms with van der Waals surface area (Å²) in [6, 6.07) is -0.497. The lowest BCUT2D eigenvalue weighted by molar-refractivity contribution is -0.192. The molecule has 0 N–H and O–H groups in total. The monoisotopic (exact) mass is 215 g/mol. The van der Waals surface area contributed by atoms with Gasteiger partial charge < -0.3 is 18.9 Å². The van der Waals surface area contributed by atoms with Crippen LogP contribution in [0.1, 0.15) is 0 Å². The first kappa shape index (κ1) is 10.7. The van der Waals surface area contributed by atoms with Crippen LogP contribution in [0.3, 0.4) is 0 Å². The molecule has 7 nitrogen and oxygen atoms in total. The number of hydrogen-bond donors (Lipinski definition) is 0. The second-order valence-corrected chi connectivity index (χ2v) is 3.47. The molecule has 0 aliphatic carbocycles. The van der Waals surface area contributed by atoms with Crippen molar-refractivity contribution in [2.75, 3.05) is 20.8 Å². The summed E-state index contributed by atoms with van der Waals surface area (Å²) in [5.41, 5.74) is 8.47. The number of fused-ring (bicyclic) bond motifs is 2. The summed E-state index contributed by atoms with van der Waals surface area (Å²) in [7, 11) is 3.13. The van der Waals surface area contributed by atoms with Gasteiger partial charge in [0.2, 0.25) is 0 Å². The fourth-order valence-corrected chi connectivity index (χ4v) is 2.09. The highest BCUT2D eigenvalue weighted by Gasteiger charge is 2.51. The minimum atomic E-state index is -0.512. The van der Waals surface area contributed by atoms with Gasteiger partial charge in [-0.05, 0) is 5.53 Å². The molecule has 2 aliphatic heterocycles. The van der Waals surface area contributed by atoms with Crippen LogP contribution in [0.5, 0.6) is 0 Å². The molecule has 0 saturated carbocycles. The van der Waals surface area contributed by atoms with E-state index in [0.717, 1.165) is 0 Å². The number of azide groups is 1. The minimum absolute atomic E-state index is 0.143. The first-order chi connectivity index (χ1) is 7.31. The van der Waals surface area contributed by atoms with Crippen LogP contribution in [0.15, 0.2) is 5.11 Å². The molecule has 0 aromatic rings. The molecule has 5 atom stereocenters. The van der Waals surface area contributed by atoms with Gasteiger partial charge in [0, 0.05) is 19.1 Å². The van der Waals surface area contributed by atoms with Crippen LogP contribution >= 0.6 is 0 Å². The summed E-state index contributed by atoms with van der Waals surface area (Å²) in [5, 5.41) is 3.64. The quantitative estimate of drug-likeness (QED) is 0.388. The molecule has 2 bridgehead atoms. The molecule has 84 valence electrons. The molecule has 7 heteroatoms. The Bertz CT molecular complexity index is 281. The van der Waals surface area contributed by atoms with Gasteiger partial charge in [-0.15, -0.1) is 0 Å². The van der Waals surface area contributed by atoms with Crippen molar-refractivity contribution in [1.29, 1.82) is 0 Å². The van der Waals surface area contributed by atoms with Gasteiger partial charge in [-0.1, -0.05) is 5.11 Å². The Morgan fingerprint density at radius 2 is 2.07 bits per heavy atom. The van der Waals surface area contributed by atoms with E-state index in [1.165, 1.54) is 0 Å². The lowest BCUT2D eigenvalue weighted by Gasteiger charge is -2.37. The molecule has 2 heterocycles. The first-order valence-corrected chi connectivity index (χ1v) is 4.68. The molecular formula is C8H13N3O4. The third-order valence-corrected chi connectivity index (χ3v) is 2.77. The maximum absolute atomic E-state index is 8.47. The van der Waals surface area contributed by atoms with E-state index in [9.17, 15) is 0 Å². The predicted octanol–water partition coefficient (Wildman–Crippen LogP) is 0.450. The zero-order chi connectivity index (χ0) is 10.8. The Balaban J connectivity index is 2.24. The molecule has 3 unspecified atom stereocenters. The zero-order valence-electron chi connectivity index (χ0n) is 8.57. The van der Waals surface area contributed by atoms with E-state index >= 15 is 0 Å². The van der Waals surface area contributed by atoms with Crippen LogP contribution in [-0.2, 0) is 18.9 Å². The molecule has 0 spiro atoms. The highest BCUT2D eigenvalue weighted by molar-refractivity contribution is 4.98. The molecular weight excluding hydrogens is 202 g/mol. The largest absolute Gasteiger partial charge is 0.378 e. The maximum atomic E-state index is 8.47. The summed E-state index contributed by atoms with van der Waals surface area (Å²) in [6.45, 7) is 0.445. The van der Waals surface area contributed by atoms with E-state index in [0.29, 0.717) is 6.61 Å². The van der Waals surface area contributed by atoms with E-state index in [4.69, 9.17) is 24.5 Å². The van der Waals surface area contributed by atoms with Crippen LogP contribution in [0.25, 0.3) is 10.4 Å². The van der Waals surface area contributed by atoms with E-state index < -0.39 is 12.3 Å². The Morgan fingerprint density at radius 1 is 1.33 bits per heavy atom. The Kier molecular flexibility index (Phi) is 3.08. The Hall–Kier alpha value is -0.850. The van der Waals surface area contributed by atoms with Crippen LogP contribution in [-0.4, -0.2) is 51.5 Å². The Morgan fingerprint density at radius 3 is 2.67 bits per heavy atom. The van der Waals surface area contributed by atoms with E-state index in [1.807, 2.05) is 0 Å². The molecule has 2 rings (SSSR count). The van der Waals surface area contributed by atoms with Gasteiger partial charge in [0.1, 0.15) is 18.2 Å². The second-order valence-electron chi connectivity index (χ2n) is 3.47. The molecule has 15 heavy (non-hydrogen) atoms. The second kappa shape index (κ2) is 4.34. The van der Waals surface area contributed by atoms with Crippen LogP contribution in [0.2, 0.25) is 0 Å². The highest BCUT2D eigenvalue weighted by Crippen LogP contribution is 2.32. The number of ether oxygens (including phenoxy) is 4. The van der Waals surface area contributed by atoms with Gasteiger partial charge in [-0.3, -0.25) is 0 Å². The smallest absolute Gasteiger partial charge is 0.169 e. The molecule has 0 amide bonds. The van der Waals surface area contributed by atoms with E-state index in [1.54, 1.807) is 14.2 Å². The lowest BCUT2D eigenvalue weighted by Crippen LogP contribution is -2.54.